The van der Waals surface area contributed by atoms with E-state index in [-0.39, 0.29) is 17.6 Å². The lowest BCUT2D eigenvalue weighted by Crippen LogP contribution is -2.31. The van der Waals surface area contributed by atoms with Crippen molar-refractivity contribution < 1.29 is 22.7 Å². The molecule has 0 saturated carbocycles. The molecule has 0 atom stereocenters. The number of alkyl halides is 3. The van der Waals surface area contributed by atoms with E-state index >= 15 is 0 Å². The average molecular weight is 446 g/mol. The van der Waals surface area contributed by atoms with Crippen LogP contribution in [0.4, 0.5) is 13.2 Å². The van der Waals surface area contributed by atoms with Crippen molar-refractivity contribution in [3.05, 3.63) is 71.2 Å². The van der Waals surface area contributed by atoms with E-state index in [0.717, 1.165) is 23.6 Å². The minimum Gasteiger partial charge on any atom is -0.492 e. The summed E-state index contributed by atoms with van der Waals surface area (Å²) in [6.45, 7) is 6.43. The molecule has 3 aromatic rings. The highest BCUT2D eigenvalue weighted by Gasteiger charge is 2.31. The maximum Gasteiger partial charge on any atom is 0.417 e. The highest BCUT2D eigenvalue weighted by Crippen LogP contribution is 2.29. The number of aromatic nitrogens is 3. The molecular formula is C23H25F3N4O2. The first-order valence-corrected chi connectivity index (χ1v) is 10.1. The van der Waals surface area contributed by atoms with Crippen LogP contribution < -0.4 is 4.74 Å². The van der Waals surface area contributed by atoms with Gasteiger partial charge < -0.3 is 9.64 Å². The molecule has 9 heteroatoms. The number of rotatable bonds is 7. The van der Waals surface area contributed by atoms with Gasteiger partial charge in [-0.05, 0) is 37.1 Å². The first-order valence-electron chi connectivity index (χ1n) is 10.1. The first kappa shape index (κ1) is 23.3. The molecule has 6 nitrogen and oxygen atoms in total. The Labute approximate surface area is 184 Å². The predicted octanol–water partition coefficient (Wildman–Crippen LogP) is 4.87. The van der Waals surface area contributed by atoms with E-state index in [1.165, 1.54) is 21.8 Å². The third kappa shape index (κ3) is 5.27. The number of aryl methyl sites for hydroxylation is 1. The van der Waals surface area contributed by atoms with E-state index in [0.29, 0.717) is 24.4 Å². The van der Waals surface area contributed by atoms with E-state index in [9.17, 15) is 18.0 Å². The SMILES string of the molecule is Cc1ccc(OCCN(C)C(=O)c2cnn(-c3ccc(C(F)(F)F)cn3)c2C(C)C)cc1. The third-order valence-corrected chi connectivity index (χ3v) is 4.94. The summed E-state index contributed by atoms with van der Waals surface area (Å²) in [5, 5.41) is 4.23. The Bertz CT molecular complexity index is 1060. The van der Waals surface area contributed by atoms with Crippen LogP contribution in [0, 0.1) is 6.92 Å². The zero-order chi connectivity index (χ0) is 23.5. The van der Waals surface area contributed by atoms with Crippen molar-refractivity contribution in [1.29, 1.82) is 0 Å². The van der Waals surface area contributed by atoms with Crippen LogP contribution in [0.3, 0.4) is 0 Å². The van der Waals surface area contributed by atoms with Crippen LogP contribution >= 0.6 is 0 Å². The molecule has 1 aromatic carbocycles. The molecule has 0 spiro atoms. The van der Waals surface area contributed by atoms with Gasteiger partial charge in [0.25, 0.3) is 5.91 Å². The number of hydrogen-bond donors (Lipinski definition) is 0. The molecule has 0 fully saturated rings. The van der Waals surface area contributed by atoms with Gasteiger partial charge in [0, 0.05) is 13.2 Å². The molecule has 32 heavy (non-hydrogen) atoms. The van der Waals surface area contributed by atoms with Gasteiger partial charge in [0.05, 0.1) is 29.6 Å². The van der Waals surface area contributed by atoms with Crippen LogP contribution in [0.15, 0.2) is 48.8 Å². The minimum atomic E-state index is -4.47. The lowest BCUT2D eigenvalue weighted by atomic mass is 10.0. The lowest BCUT2D eigenvalue weighted by molar-refractivity contribution is -0.137. The Kier molecular flexibility index (Phi) is 6.86. The molecule has 0 aliphatic rings. The molecule has 170 valence electrons. The number of likely N-dealkylation sites (N-methyl/N-ethyl adjacent to an activating group) is 1. The largest absolute Gasteiger partial charge is 0.492 e. The van der Waals surface area contributed by atoms with Gasteiger partial charge >= 0.3 is 6.18 Å². The van der Waals surface area contributed by atoms with Gasteiger partial charge in [0.1, 0.15) is 12.4 Å². The van der Waals surface area contributed by atoms with E-state index < -0.39 is 11.7 Å². The summed E-state index contributed by atoms with van der Waals surface area (Å²) in [5.41, 5.74) is 1.24. The summed E-state index contributed by atoms with van der Waals surface area (Å²) in [6, 6.07) is 9.83. The molecule has 0 N–H and O–H groups in total. The minimum absolute atomic E-state index is 0.113. The molecule has 0 aliphatic heterocycles. The van der Waals surface area contributed by atoms with E-state index in [2.05, 4.69) is 10.1 Å². The van der Waals surface area contributed by atoms with E-state index in [4.69, 9.17) is 4.74 Å². The Hall–Kier alpha value is -3.36. The van der Waals surface area contributed by atoms with Crippen LogP contribution in [0.5, 0.6) is 5.75 Å². The van der Waals surface area contributed by atoms with Gasteiger partial charge in [0.15, 0.2) is 5.82 Å². The summed E-state index contributed by atoms with van der Waals surface area (Å²) in [4.78, 5) is 18.5. The van der Waals surface area contributed by atoms with Crippen molar-refractivity contribution in [2.75, 3.05) is 20.2 Å². The number of hydrogen-bond acceptors (Lipinski definition) is 4. The maximum absolute atomic E-state index is 13.0. The standard InChI is InChI=1S/C23H25F3N4O2/c1-15(2)21-19(14-28-30(21)20-10-7-17(13-27-20)23(24,25)26)22(31)29(4)11-12-32-18-8-5-16(3)6-9-18/h5-10,13-15H,11-12H2,1-4H3. The number of ether oxygens (including phenoxy) is 1. The van der Waals surface area contributed by atoms with E-state index in [1.807, 2.05) is 45.0 Å². The average Bonchev–Trinajstić information content (AvgIpc) is 3.19. The lowest BCUT2D eigenvalue weighted by Gasteiger charge is -2.19. The van der Waals surface area contributed by atoms with Gasteiger partial charge in [-0.2, -0.15) is 18.3 Å². The van der Waals surface area contributed by atoms with Gasteiger partial charge in [0.2, 0.25) is 0 Å². The molecule has 0 unspecified atom stereocenters. The van der Waals surface area contributed by atoms with Crippen LogP contribution in [-0.4, -0.2) is 45.8 Å². The highest BCUT2D eigenvalue weighted by molar-refractivity contribution is 5.95. The van der Waals surface area contributed by atoms with Crippen molar-refractivity contribution in [3.63, 3.8) is 0 Å². The summed E-state index contributed by atoms with van der Waals surface area (Å²) in [7, 11) is 1.67. The topological polar surface area (TPSA) is 60.2 Å². The molecule has 0 bridgehead atoms. The number of nitrogens with zero attached hydrogens (tertiary/aromatic N) is 4. The van der Waals surface area contributed by atoms with Crippen LogP contribution in [0.1, 0.15) is 46.9 Å². The number of benzene rings is 1. The van der Waals surface area contributed by atoms with Crippen LogP contribution in [0.2, 0.25) is 0 Å². The maximum atomic E-state index is 13.0. The summed E-state index contributed by atoms with van der Waals surface area (Å²) < 4.78 is 45.6. The van der Waals surface area contributed by atoms with Crippen molar-refractivity contribution >= 4 is 5.91 Å². The van der Waals surface area contributed by atoms with E-state index in [1.54, 1.807) is 7.05 Å². The smallest absolute Gasteiger partial charge is 0.417 e. The van der Waals surface area contributed by atoms with Gasteiger partial charge in [-0.3, -0.25) is 4.79 Å². The normalized spacial score (nSPS) is 11.6. The number of carbonyl (C=O) groups excluding carboxylic acids is 1. The number of carbonyl (C=O) groups is 1. The van der Waals surface area contributed by atoms with Crippen molar-refractivity contribution in [2.45, 2.75) is 32.9 Å². The number of pyridine rings is 1. The predicted molar refractivity (Wildman–Crippen MR) is 114 cm³/mol. The Morgan fingerprint density at radius 2 is 1.81 bits per heavy atom. The molecule has 0 radical (unpaired) electrons. The molecule has 1 amide bonds. The number of amides is 1. The zero-order valence-corrected chi connectivity index (χ0v) is 18.3. The Morgan fingerprint density at radius 3 is 2.38 bits per heavy atom. The van der Waals surface area contributed by atoms with Gasteiger partial charge in [-0.25, -0.2) is 9.67 Å². The second kappa shape index (κ2) is 9.42. The fraction of sp³-hybridized carbons (Fsp3) is 0.348. The van der Waals surface area contributed by atoms with Crippen molar-refractivity contribution in [2.24, 2.45) is 0 Å². The van der Waals surface area contributed by atoms with Gasteiger partial charge in [-0.1, -0.05) is 31.5 Å². The highest BCUT2D eigenvalue weighted by atomic mass is 19.4. The second-order valence-corrected chi connectivity index (χ2v) is 7.80. The summed E-state index contributed by atoms with van der Waals surface area (Å²) >= 11 is 0. The molecular weight excluding hydrogens is 421 g/mol. The summed E-state index contributed by atoms with van der Waals surface area (Å²) in [6.07, 6.45) is -2.29. The molecule has 2 heterocycles. The van der Waals surface area contributed by atoms with Crippen molar-refractivity contribution in [1.82, 2.24) is 19.7 Å². The zero-order valence-electron chi connectivity index (χ0n) is 18.3. The molecule has 0 saturated heterocycles. The fourth-order valence-electron chi connectivity index (χ4n) is 3.18. The third-order valence-electron chi connectivity index (χ3n) is 4.94. The van der Waals surface area contributed by atoms with Gasteiger partial charge in [-0.15, -0.1) is 0 Å². The summed E-state index contributed by atoms with van der Waals surface area (Å²) in [5.74, 6) is 0.573. The molecule has 3 rings (SSSR count). The number of halogens is 3. The first-order chi connectivity index (χ1) is 15.1. The Balaban J connectivity index is 1.75. The fourth-order valence-corrected chi connectivity index (χ4v) is 3.18. The molecule has 2 aromatic heterocycles. The molecule has 0 aliphatic carbocycles. The quantitative estimate of drug-likeness (QED) is 0.520. The van der Waals surface area contributed by atoms with Crippen LogP contribution in [0.25, 0.3) is 5.82 Å². The van der Waals surface area contributed by atoms with Crippen LogP contribution in [-0.2, 0) is 6.18 Å². The Morgan fingerprint density at radius 1 is 1.12 bits per heavy atom. The van der Waals surface area contributed by atoms with Crippen molar-refractivity contribution in [3.8, 4) is 11.6 Å². The second-order valence-electron chi connectivity index (χ2n) is 7.80. The monoisotopic (exact) mass is 446 g/mol.